The van der Waals surface area contributed by atoms with Crippen LogP contribution in [0.1, 0.15) is 63.7 Å². The molecule has 4 amide bonds. The van der Waals surface area contributed by atoms with Gasteiger partial charge in [-0.25, -0.2) is 0 Å². The second-order valence-corrected chi connectivity index (χ2v) is 11.9. The Morgan fingerprint density at radius 3 is 1.24 bits per heavy atom. The minimum absolute atomic E-state index is 0.0439. The summed E-state index contributed by atoms with van der Waals surface area (Å²) < 4.78 is 0. The van der Waals surface area contributed by atoms with Crippen LogP contribution in [0.25, 0.3) is 0 Å². The van der Waals surface area contributed by atoms with E-state index in [9.17, 15) is 28.8 Å². The highest BCUT2D eigenvalue weighted by atomic mass is 16.2. The summed E-state index contributed by atoms with van der Waals surface area (Å²) in [6, 6.07) is 25.7. The van der Waals surface area contributed by atoms with Gasteiger partial charge in [-0.3, -0.25) is 28.8 Å². The summed E-state index contributed by atoms with van der Waals surface area (Å²) in [4.78, 5) is 77.3. The zero-order valence-electron chi connectivity index (χ0n) is 27.2. The Morgan fingerprint density at radius 2 is 0.840 bits per heavy atom. The molecule has 0 spiro atoms. The van der Waals surface area contributed by atoms with Gasteiger partial charge >= 0.3 is 0 Å². The Kier molecular flexibility index (Phi) is 11.6. The average Bonchev–Trinajstić information content (AvgIpc) is 3.14. The number of nitrogens with two attached hydrogens (primary N) is 2. The Morgan fingerprint density at radius 1 is 0.480 bits per heavy atom. The van der Waals surface area contributed by atoms with E-state index < -0.39 is 35.5 Å². The van der Waals surface area contributed by atoms with Crippen molar-refractivity contribution in [1.29, 1.82) is 0 Å². The highest BCUT2D eigenvalue weighted by Gasteiger charge is 2.31. The van der Waals surface area contributed by atoms with E-state index in [4.69, 9.17) is 11.5 Å². The van der Waals surface area contributed by atoms with Gasteiger partial charge in [0.05, 0.1) is 12.1 Å². The lowest BCUT2D eigenvalue weighted by atomic mass is 9.82. The summed E-state index contributed by atoms with van der Waals surface area (Å²) in [7, 11) is 0. The molecule has 12 heteroatoms. The van der Waals surface area contributed by atoms with Crippen LogP contribution < -0.4 is 32.7 Å². The molecule has 4 aromatic carbocycles. The van der Waals surface area contributed by atoms with Gasteiger partial charge in [0.25, 0.3) is 11.8 Å². The highest BCUT2D eigenvalue weighted by Crippen LogP contribution is 2.29. The fraction of sp³-hybridized carbons (Fsp3) is 0.211. The summed E-state index contributed by atoms with van der Waals surface area (Å²) in [5, 5.41) is 10.8. The van der Waals surface area contributed by atoms with Crippen LogP contribution in [0, 0.1) is 0 Å². The van der Waals surface area contributed by atoms with E-state index in [0.717, 1.165) is 11.1 Å². The molecule has 0 fully saturated rings. The van der Waals surface area contributed by atoms with Crippen molar-refractivity contribution in [2.75, 3.05) is 26.2 Å². The summed E-state index contributed by atoms with van der Waals surface area (Å²) in [5.41, 5.74) is 14.6. The molecular weight excluding hydrogens is 636 g/mol. The van der Waals surface area contributed by atoms with Crippen LogP contribution in [0.3, 0.4) is 0 Å². The minimum atomic E-state index is -0.741. The molecule has 2 atom stereocenters. The maximum Gasteiger partial charge on any atom is 0.251 e. The maximum absolute atomic E-state index is 13.5. The first kappa shape index (κ1) is 35.3. The van der Waals surface area contributed by atoms with Crippen LogP contribution in [-0.4, -0.2) is 73.5 Å². The van der Waals surface area contributed by atoms with E-state index in [1.807, 2.05) is 60.7 Å². The molecule has 1 aliphatic rings. The van der Waals surface area contributed by atoms with Crippen LogP contribution in [0.2, 0.25) is 0 Å². The molecule has 256 valence electrons. The lowest BCUT2D eigenvalue weighted by Crippen LogP contribution is -2.44. The van der Waals surface area contributed by atoms with E-state index in [1.165, 1.54) is 36.4 Å². The Labute approximate surface area is 289 Å². The Bertz CT molecular complexity index is 1780. The van der Waals surface area contributed by atoms with Crippen molar-refractivity contribution >= 4 is 35.2 Å². The predicted molar refractivity (Wildman–Crippen MR) is 187 cm³/mol. The SMILES string of the molecule is N[C@@H](Cc1ccccc1)C(=O)NCCNC(=O)c1ccc2c(c1)C(=O)c1cc(C(=O)NCCNC(=O)[C@@H](N)Cc3ccccc3)ccc1C2=O. The Hall–Kier alpha value is -5.98. The molecule has 0 bridgehead atoms. The zero-order valence-corrected chi connectivity index (χ0v) is 27.2. The van der Waals surface area contributed by atoms with E-state index in [0.29, 0.717) is 12.8 Å². The number of hydrogen-bond donors (Lipinski definition) is 6. The first-order chi connectivity index (χ1) is 24.1. The lowest BCUT2D eigenvalue weighted by Gasteiger charge is -2.19. The number of nitrogens with one attached hydrogen (secondary N) is 4. The molecule has 12 nitrogen and oxygen atoms in total. The second kappa shape index (κ2) is 16.4. The monoisotopic (exact) mass is 674 g/mol. The average molecular weight is 675 g/mol. The van der Waals surface area contributed by atoms with E-state index in [2.05, 4.69) is 21.3 Å². The number of carbonyl (C=O) groups excluding carboxylic acids is 6. The van der Waals surface area contributed by atoms with Gasteiger partial charge in [0.2, 0.25) is 11.8 Å². The van der Waals surface area contributed by atoms with Gasteiger partial charge in [0.15, 0.2) is 11.6 Å². The van der Waals surface area contributed by atoms with Crippen LogP contribution in [0.15, 0.2) is 97.1 Å². The van der Waals surface area contributed by atoms with Gasteiger partial charge in [-0.15, -0.1) is 0 Å². The lowest BCUT2D eigenvalue weighted by molar-refractivity contribution is -0.123. The third-order valence-electron chi connectivity index (χ3n) is 8.23. The van der Waals surface area contributed by atoms with Gasteiger partial charge < -0.3 is 32.7 Å². The number of hydrogen-bond acceptors (Lipinski definition) is 8. The Balaban J connectivity index is 1.12. The fourth-order valence-electron chi connectivity index (χ4n) is 5.54. The second-order valence-electron chi connectivity index (χ2n) is 11.9. The summed E-state index contributed by atoms with van der Waals surface area (Å²) in [6.45, 7) is 0.500. The minimum Gasteiger partial charge on any atom is -0.353 e. The third kappa shape index (κ3) is 8.73. The molecule has 0 saturated carbocycles. The van der Waals surface area contributed by atoms with Crippen LogP contribution in [0.4, 0.5) is 0 Å². The van der Waals surface area contributed by atoms with Gasteiger partial charge in [-0.05, 0) is 60.4 Å². The standard InChI is InChI=1S/C38H38N6O6/c39-31(19-23-7-3-1-4-8-23)37(49)43-17-15-41-35(47)25-11-13-27-29(21-25)34(46)30-22-26(12-14-28(30)33(27)45)36(48)42-16-18-44-38(50)32(40)20-24-9-5-2-6-10-24/h1-14,21-22,31-32H,15-20,39-40H2,(H,41,47)(H,42,48)(H,43,49)(H,44,50)/t31-,32-/m0/s1. The fourth-order valence-corrected chi connectivity index (χ4v) is 5.54. The first-order valence-corrected chi connectivity index (χ1v) is 16.2. The third-order valence-corrected chi connectivity index (χ3v) is 8.23. The van der Waals surface area contributed by atoms with E-state index in [1.54, 1.807) is 0 Å². The van der Waals surface area contributed by atoms with Crippen molar-refractivity contribution in [3.05, 3.63) is 142 Å². The van der Waals surface area contributed by atoms with Gasteiger partial charge in [-0.1, -0.05) is 60.7 Å². The number of fused-ring (bicyclic) bond motifs is 2. The van der Waals surface area contributed by atoms with Crippen LogP contribution in [0.5, 0.6) is 0 Å². The molecule has 1 aliphatic carbocycles. The number of ketones is 2. The molecular formula is C38H38N6O6. The molecule has 50 heavy (non-hydrogen) atoms. The van der Waals surface area contributed by atoms with Gasteiger partial charge in [0, 0.05) is 59.6 Å². The summed E-state index contributed by atoms with van der Waals surface area (Å²) >= 11 is 0. The molecule has 4 aromatic rings. The smallest absolute Gasteiger partial charge is 0.251 e. The molecule has 0 heterocycles. The quantitative estimate of drug-likeness (QED) is 0.0946. The largest absolute Gasteiger partial charge is 0.353 e. The highest BCUT2D eigenvalue weighted by molar-refractivity contribution is 6.29. The number of carbonyl (C=O) groups is 6. The molecule has 0 unspecified atom stereocenters. The van der Waals surface area contributed by atoms with Crippen molar-refractivity contribution in [3.8, 4) is 0 Å². The van der Waals surface area contributed by atoms with Crippen molar-refractivity contribution in [2.45, 2.75) is 24.9 Å². The van der Waals surface area contributed by atoms with E-state index in [-0.39, 0.29) is 71.4 Å². The molecule has 5 rings (SSSR count). The summed E-state index contributed by atoms with van der Waals surface area (Å²) in [6.07, 6.45) is 0.753. The van der Waals surface area contributed by atoms with Gasteiger partial charge in [0.1, 0.15) is 0 Å². The van der Waals surface area contributed by atoms with Crippen LogP contribution in [-0.2, 0) is 22.4 Å². The van der Waals surface area contributed by atoms with Crippen molar-refractivity contribution in [3.63, 3.8) is 0 Å². The summed E-state index contributed by atoms with van der Waals surface area (Å²) in [5.74, 6) is -2.60. The van der Waals surface area contributed by atoms with Gasteiger partial charge in [-0.2, -0.15) is 0 Å². The van der Waals surface area contributed by atoms with E-state index >= 15 is 0 Å². The zero-order chi connectivity index (χ0) is 35.6. The molecule has 0 aromatic heterocycles. The van der Waals surface area contributed by atoms with Crippen molar-refractivity contribution in [2.24, 2.45) is 11.5 Å². The normalized spacial score (nSPS) is 12.9. The topological polar surface area (TPSA) is 203 Å². The number of benzene rings is 4. The molecule has 8 N–H and O–H groups in total. The molecule has 0 radical (unpaired) electrons. The van der Waals surface area contributed by atoms with Crippen molar-refractivity contribution in [1.82, 2.24) is 21.3 Å². The maximum atomic E-state index is 13.5. The van der Waals surface area contributed by atoms with Crippen molar-refractivity contribution < 1.29 is 28.8 Å². The molecule has 0 aliphatic heterocycles. The number of rotatable bonds is 14. The van der Waals surface area contributed by atoms with Crippen LogP contribution >= 0.6 is 0 Å². The number of amides is 4. The predicted octanol–water partition coefficient (Wildman–Crippen LogP) is 1.29. The first-order valence-electron chi connectivity index (χ1n) is 16.2. The molecule has 0 saturated heterocycles.